The summed E-state index contributed by atoms with van der Waals surface area (Å²) in [6.45, 7) is 4.13. The van der Waals surface area contributed by atoms with Crippen molar-refractivity contribution in [1.29, 1.82) is 0 Å². The number of nitrogens with one attached hydrogen (secondary N) is 1. The molecular weight excluding hydrogens is 268 g/mol. The Kier molecular flexibility index (Phi) is 3.01. The van der Waals surface area contributed by atoms with Crippen LogP contribution in [0.1, 0.15) is 25.5 Å². The predicted octanol–water partition coefficient (Wildman–Crippen LogP) is 3.05. The fourth-order valence-electron chi connectivity index (χ4n) is 1.63. The molecule has 2 rings (SSSR count). The van der Waals surface area contributed by atoms with Crippen molar-refractivity contribution in [1.82, 2.24) is 9.78 Å². The topological polar surface area (TPSA) is 37.8 Å². The molecule has 0 bridgehead atoms. The van der Waals surface area contributed by atoms with Crippen molar-refractivity contribution in [2.24, 2.45) is 0 Å². The van der Waals surface area contributed by atoms with Gasteiger partial charge in [0, 0.05) is 16.2 Å². The highest BCUT2D eigenvalue weighted by molar-refractivity contribution is 9.10. The second-order valence-corrected chi connectivity index (χ2v) is 4.93. The van der Waals surface area contributed by atoms with Gasteiger partial charge in [0.1, 0.15) is 0 Å². The van der Waals surface area contributed by atoms with E-state index in [0.717, 1.165) is 15.9 Å². The number of aromatic amines is 1. The monoisotopic (exact) mass is 280 g/mol. The van der Waals surface area contributed by atoms with Crippen molar-refractivity contribution in [3.63, 3.8) is 0 Å². The van der Waals surface area contributed by atoms with Gasteiger partial charge in [-0.05, 0) is 30.2 Å². The van der Waals surface area contributed by atoms with Gasteiger partial charge in [-0.3, -0.25) is 14.6 Å². The first-order valence-corrected chi connectivity index (χ1v) is 5.95. The van der Waals surface area contributed by atoms with E-state index >= 15 is 0 Å². The first-order chi connectivity index (χ1) is 7.58. The fraction of sp³-hybridized carbons (Fsp3) is 0.250. The molecule has 0 fully saturated rings. The molecule has 0 saturated heterocycles. The molecule has 0 spiro atoms. The lowest BCUT2D eigenvalue weighted by Gasteiger charge is -2.10. The number of benzene rings is 1. The standard InChI is InChI=1S/C12H13BrN2O/c1-8(2)11-7-12(16)14-15(11)10-5-3-9(13)4-6-10/h3-8H,1-2H3,(H,14,16). The van der Waals surface area contributed by atoms with Crippen LogP contribution in [0.2, 0.25) is 0 Å². The van der Waals surface area contributed by atoms with Gasteiger partial charge in [-0.1, -0.05) is 29.8 Å². The summed E-state index contributed by atoms with van der Waals surface area (Å²) >= 11 is 3.39. The summed E-state index contributed by atoms with van der Waals surface area (Å²) in [7, 11) is 0. The number of H-pyrrole nitrogens is 1. The van der Waals surface area contributed by atoms with Crippen molar-refractivity contribution in [2.75, 3.05) is 0 Å². The van der Waals surface area contributed by atoms with E-state index in [4.69, 9.17) is 0 Å². The van der Waals surface area contributed by atoms with Crippen LogP contribution in [0.3, 0.4) is 0 Å². The van der Waals surface area contributed by atoms with Gasteiger partial charge in [-0.2, -0.15) is 0 Å². The second-order valence-electron chi connectivity index (χ2n) is 4.01. The molecule has 1 aromatic heterocycles. The Balaban J connectivity index is 2.55. The summed E-state index contributed by atoms with van der Waals surface area (Å²) in [5.41, 5.74) is 1.90. The van der Waals surface area contributed by atoms with Gasteiger partial charge < -0.3 is 0 Å². The molecule has 0 radical (unpaired) electrons. The van der Waals surface area contributed by atoms with Crippen LogP contribution in [0.5, 0.6) is 0 Å². The van der Waals surface area contributed by atoms with E-state index in [1.165, 1.54) is 0 Å². The molecule has 16 heavy (non-hydrogen) atoms. The van der Waals surface area contributed by atoms with Crippen LogP contribution in [-0.2, 0) is 0 Å². The maximum absolute atomic E-state index is 11.4. The van der Waals surface area contributed by atoms with Gasteiger partial charge in [0.25, 0.3) is 5.56 Å². The molecule has 0 saturated carbocycles. The van der Waals surface area contributed by atoms with Crippen LogP contribution in [0.25, 0.3) is 5.69 Å². The van der Waals surface area contributed by atoms with Crippen LogP contribution < -0.4 is 5.56 Å². The lowest BCUT2D eigenvalue weighted by Crippen LogP contribution is -2.05. The zero-order valence-electron chi connectivity index (χ0n) is 9.20. The van der Waals surface area contributed by atoms with Gasteiger partial charge in [-0.25, -0.2) is 0 Å². The summed E-state index contributed by atoms with van der Waals surface area (Å²) in [5.74, 6) is 0.308. The molecule has 1 N–H and O–H groups in total. The predicted molar refractivity (Wildman–Crippen MR) is 68.2 cm³/mol. The molecule has 4 heteroatoms. The van der Waals surface area contributed by atoms with Gasteiger partial charge >= 0.3 is 0 Å². The summed E-state index contributed by atoms with van der Waals surface area (Å²) in [6, 6.07) is 9.49. The van der Waals surface area contributed by atoms with E-state index in [1.807, 2.05) is 28.9 Å². The van der Waals surface area contributed by atoms with Gasteiger partial charge in [-0.15, -0.1) is 0 Å². The van der Waals surface area contributed by atoms with Crippen molar-refractivity contribution >= 4 is 15.9 Å². The highest BCUT2D eigenvalue weighted by Crippen LogP contribution is 2.18. The van der Waals surface area contributed by atoms with E-state index in [9.17, 15) is 4.79 Å². The maximum atomic E-state index is 11.4. The largest absolute Gasteiger partial charge is 0.268 e. The number of hydrogen-bond acceptors (Lipinski definition) is 1. The average Bonchev–Trinajstić information content (AvgIpc) is 2.61. The average molecular weight is 281 g/mol. The summed E-state index contributed by atoms with van der Waals surface area (Å²) in [4.78, 5) is 11.4. The molecule has 0 unspecified atom stereocenters. The van der Waals surface area contributed by atoms with Crippen LogP contribution in [-0.4, -0.2) is 9.78 Å². The zero-order chi connectivity index (χ0) is 11.7. The smallest absolute Gasteiger partial charge is 0.264 e. The Morgan fingerprint density at radius 1 is 1.25 bits per heavy atom. The fourth-order valence-corrected chi connectivity index (χ4v) is 1.90. The molecule has 1 heterocycles. The number of rotatable bonds is 2. The highest BCUT2D eigenvalue weighted by Gasteiger charge is 2.09. The summed E-state index contributed by atoms with van der Waals surface area (Å²) in [6.07, 6.45) is 0. The SMILES string of the molecule is CC(C)c1cc(=O)[nH]n1-c1ccc(Br)cc1. The van der Waals surface area contributed by atoms with Crippen LogP contribution in [0.4, 0.5) is 0 Å². The third-order valence-corrected chi connectivity index (χ3v) is 2.96. The van der Waals surface area contributed by atoms with Crippen LogP contribution >= 0.6 is 15.9 Å². The molecule has 3 nitrogen and oxygen atoms in total. The molecule has 0 aliphatic rings. The minimum Gasteiger partial charge on any atom is -0.268 e. The van der Waals surface area contributed by atoms with E-state index in [2.05, 4.69) is 34.9 Å². The first-order valence-electron chi connectivity index (χ1n) is 5.16. The molecule has 84 valence electrons. The number of aromatic nitrogens is 2. The van der Waals surface area contributed by atoms with Crippen molar-refractivity contribution < 1.29 is 0 Å². The van der Waals surface area contributed by atoms with Gasteiger partial charge in [0.15, 0.2) is 0 Å². The van der Waals surface area contributed by atoms with Gasteiger partial charge in [0.2, 0.25) is 0 Å². The zero-order valence-corrected chi connectivity index (χ0v) is 10.8. The molecule has 0 aliphatic heterocycles. The Morgan fingerprint density at radius 2 is 1.88 bits per heavy atom. The molecule has 0 amide bonds. The Hall–Kier alpha value is -1.29. The normalized spacial score (nSPS) is 11.0. The Labute approximate surface area is 102 Å². The molecule has 1 aromatic carbocycles. The quantitative estimate of drug-likeness (QED) is 0.902. The molecule has 0 aliphatic carbocycles. The second kappa shape index (κ2) is 4.29. The van der Waals surface area contributed by atoms with Crippen molar-refractivity contribution in [3.05, 3.63) is 50.9 Å². The third kappa shape index (κ3) is 2.11. The lowest BCUT2D eigenvalue weighted by molar-refractivity contribution is 0.731. The summed E-state index contributed by atoms with van der Waals surface area (Å²) < 4.78 is 2.86. The molecular formula is C12H13BrN2O. The highest BCUT2D eigenvalue weighted by atomic mass is 79.9. The van der Waals surface area contributed by atoms with E-state index in [-0.39, 0.29) is 5.56 Å². The molecule has 2 aromatic rings. The third-order valence-electron chi connectivity index (χ3n) is 2.44. The molecule has 0 atom stereocenters. The maximum Gasteiger partial charge on any atom is 0.264 e. The van der Waals surface area contributed by atoms with Gasteiger partial charge in [0.05, 0.1) is 5.69 Å². The van der Waals surface area contributed by atoms with E-state index in [1.54, 1.807) is 6.07 Å². The van der Waals surface area contributed by atoms with Crippen molar-refractivity contribution in [2.45, 2.75) is 19.8 Å². The number of nitrogens with zero attached hydrogens (tertiary/aromatic N) is 1. The van der Waals surface area contributed by atoms with Crippen molar-refractivity contribution in [3.8, 4) is 5.69 Å². The Morgan fingerprint density at radius 3 is 2.44 bits per heavy atom. The minimum absolute atomic E-state index is 0.0633. The lowest BCUT2D eigenvalue weighted by atomic mass is 10.1. The Bertz CT molecular complexity index is 537. The first kappa shape index (κ1) is 11.2. The number of hydrogen-bond donors (Lipinski definition) is 1. The summed E-state index contributed by atoms with van der Waals surface area (Å²) in [5, 5.41) is 2.81. The van der Waals surface area contributed by atoms with Crippen LogP contribution in [0.15, 0.2) is 39.6 Å². The van der Waals surface area contributed by atoms with E-state index in [0.29, 0.717) is 5.92 Å². The van der Waals surface area contributed by atoms with Crippen LogP contribution in [0, 0.1) is 0 Å². The minimum atomic E-state index is -0.0633. The number of halogens is 1. The van der Waals surface area contributed by atoms with E-state index < -0.39 is 0 Å².